The van der Waals surface area contributed by atoms with Crippen molar-refractivity contribution in [2.75, 3.05) is 32.8 Å². The van der Waals surface area contributed by atoms with Crippen LogP contribution >= 0.6 is 24.8 Å². The maximum Gasteiger partial charge on any atom is 0.240 e. The molecule has 0 spiro atoms. The zero-order valence-electron chi connectivity index (χ0n) is 14.8. The van der Waals surface area contributed by atoms with Crippen LogP contribution in [0.4, 0.5) is 4.39 Å². The van der Waals surface area contributed by atoms with Crippen LogP contribution in [0.25, 0.3) is 0 Å². The lowest BCUT2D eigenvalue weighted by Crippen LogP contribution is -2.54. The molecule has 5 nitrogen and oxygen atoms in total. The Morgan fingerprint density at radius 2 is 1.92 bits per heavy atom. The van der Waals surface area contributed by atoms with Crippen molar-refractivity contribution in [3.8, 4) is 0 Å². The van der Waals surface area contributed by atoms with Gasteiger partial charge < -0.3 is 15.8 Å². The van der Waals surface area contributed by atoms with Crippen molar-refractivity contribution in [2.24, 2.45) is 5.73 Å². The van der Waals surface area contributed by atoms with Crippen molar-refractivity contribution in [1.82, 2.24) is 10.2 Å². The highest BCUT2D eigenvalue weighted by Crippen LogP contribution is 2.28. The molecule has 0 bridgehead atoms. The van der Waals surface area contributed by atoms with E-state index in [0.29, 0.717) is 19.8 Å². The van der Waals surface area contributed by atoms with Crippen LogP contribution in [0, 0.1) is 5.82 Å². The number of morpholine rings is 1. The van der Waals surface area contributed by atoms with Crippen LogP contribution in [-0.4, -0.2) is 49.2 Å². The zero-order chi connectivity index (χ0) is 17.0. The number of benzene rings is 1. The largest absolute Gasteiger partial charge is 0.379 e. The molecule has 1 saturated carbocycles. The number of carbonyl (C=O) groups is 1. The Labute approximate surface area is 166 Å². The first-order chi connectivity index (χ1) is 11.6. The minimum absolute atomic E-state index is 0. The van der Waals surface area contributed by atoms with Crippen molar-refractivity contribution in [3.63, 3.8) is 0 Å². The van der Waals surface area contributed by atoms with Gasteiger partial charge in [0.15, 0.2) is 0 Å². The summed E-state index contributed by atoms with van der Waals surface area (Å²) in [6.45, 7) is 3.28. The molecule has 1 unspecified atom stereocenters. The van der Waals surface area contributed by atoms with E-state index in [1.807, 2.05) is 6.07 Å². The summed E-state index contributed by atoms with van der Waals surface area (Å²) in [7, 11) is 0. The van der Waals surface area contributed by atoms with E-state index in [9.17, 15) is 9.18 Å². The molecular weight excluding hydrogens is 380 g/mol. The third kappa shape index (κ3) is 5.54. The van der Waals surface area contributed by atoms with Crippen molar-refractivity contribution in [2.45, 2.75) is 37.3 Å². The van der Waals surface area contributed by atoms with Gasteiger partial charge in [0.2, 0.25) is 5.91 Å². The quantitative estimate of drug-likeness (QED) is 0.786. The molecule has 1 atom stereocenters. The normalized spacial score (nSPS) is 20.5. The van der Waals surface area contributed by atoms with Crippen LogP contribution in [-0.2, 0) is 9.53 Å². The fourth-order valence-electron chi connectivity index (χ4n) is 3.66. The molecule has 1 saturated heterocycles. The van der Waals surface area contributed by atoms with Gasteiger partial charge in [0.25, 0.3) is 0 Å². The van der Waals surface area contributed by atoms with E-state index >= 15 is 0 Å². The number of halogens is 3. The van der Waals surface area contributed by atoms with Crippen molar-refractivity contribution in [1.29, 1.82) is 0 Å². The lowest BCUT2D eigenvalue weighted by atomic mass is 9.97. The van der Waals surface area contributed by atoms with Gasteiger partial charge in [-0.05, 0) is 30.5 Å². The predicted molar refractivity (Wildman–Crippen MR) is 104 cm³/mol. The summed E-state index contributed by atoms with van der Waals surface area (Å²) in [5, 5.41) is 3.01. The first-order valence-electron chi connectivity index (χ1n) is 8.73. The molecule has 3 rings (SSSR count). The Morgan fingerprint density at radius 3 is 2.54 bits per heavy atom. The Morgan fingerprint density at radius 1 is 1.27 bits per heavy atom. The molecule has 2 aliphatic rings. The summed E-state index contributed by atoms with van der Waals surface area (Å²) in [5.41, 5.74) is 6.36. The number of amides is 1. The Kier molecular flexibility index (Phi) is 9.27. The molecule has 1 aromatic rings. The predicted octanol–water partition coefficient (Wildman–Crippen LogP) is 2.43. The third-order valence-corrected chi connectivity index (χ3v) is 5.12. The van der Waals surface area contributed by atoms with E-state index in [-0.39, 0.29) is 42.6 Å². The van der Waals surface area contributed by atoms with Gasteiger partial charge in [-0.2, -0.15) is 0 Å². The van der Waals surface area contributed by atoms with Gasteiger partial charge in [-0.1, -0.05) is 25.0 Å². The van der Waals surface area contributed by atoms with E-state index in [4.69, 9.17) is 10.5 Å². The number of hydrogen-bond acceptors (Lipinski definition) is 4. The number of ether oxygens (including phenoxy) is 1. The molecule has 1 heterocycles. The summed E-state index contributed by atoms with van der Waals surface area (Å²) in [6.07, 6.45) is 3.48. The second-order valence-corrected chi connectivity index (χ2v) is 6.79. The van der Waals surface area contributed by atoms with Gasteiger partial charge in [-0.15, -0.1) is 24.8 Å². The molecule has 26 heavy (non-hydrogen) atoms. The average Bonchev–Trinajstić information content (AvgIpc) is 3.04. The fraction of sp³-hybridized carbons (Fsp3) is 0.611. The minimum Gasteiger partial charge on any atom is -0.379 e. The van der Waals surface area contributed by atoms with Crippen molar-refractivity contribution < 1.29 is 13.9 Å². The summed E-state index contributed by atoms with van der Waals surface area (Å²) in [4.78, 5) is 14.7. The number of nitrogens with one attached hydrogen (secondary N) is 1. The summed E-state index contributed by atoms with van der Waals surface area (Å²) in [6, 6.07) is 6.52. The third-order valence-electron chi connectivity index (χ3n) is 5.12. The SMILES string of the molecule is Cl.Cl.NC1(C(=O)NCC(c2cccc(F)c2)N2CCOCC2)CCCC1. The van der Waals surface area contributed by atoms with Crippen molar-refractivity contribution in [3.05, 3.63) is 35.6 Å². The summed E-state index contributed by atoms with van der Waals surface area (Å²) >= 11 is 0. The molecule has 3 N–H and O–H groups in total. The van der Waals surface area contributed by atoms with Crippen molar-refractivity contribution >= 4 is 30.7 Å². The smallest absolute Gasteiger partial charge is 0.240 e. The second kappa shape index (κ2) is 10.4. The monoisotopic (exact) mass is 407 g/mol. The van der Waals surface area contributed by atoms with Crippen LogP contribution in [0.15, 0.2) is 24.3 Å². The van der Waals surface area contributed by atoms with E-state index in [0.717, 1.165) is 44.3 Å². The fourth-order valence-corrected chi connectivity index (χ4v) is 3.66. The van der Waals surface area contributed by atoms with Crippen LogP contribution < -0.4 is 11.1 Å². The second-order valence-electron chi connectivity index (χ2n) is 6.79. The Bertz CT molecular complexity index is 579. The zero-order valence-corrected chi connectivity index (χ0v) is 16.4. The van der Waals surface area contributed by atoms with Crippen LogP contribution in [0.3, 0.4) is 0 Å². The number of hydrogen-bond donors (Lipinski definition) is 2. The standard InChI is InChI=1S/C18H26FN3O2.2ClH/c19-15-5-3-4-14(12-15)16(22-8-10-24-11-9-22)13-21-17(23)18(20)6-1-2-7-18;;/h3-5,12,16H,1-2,6-11,13,20H2,(H,21,23);2*1H. The Balaban J connectivity index is 0.00000169. The molecular formula is C18H28Cl2FN3O2. The van der Waals surface area contributed by atoms with E-state index < -0.39 is 5.54 Å². The maximum atomic E-state index is 13.6. The number of nitrogens with two attached hydrogens (primary N) is 1. The van der Waals surface area contributed by atoms with E-state index in [1.165, 1.54) is 6.07 Å². The molecule has 2 fully saturated rings. The lowest BCUT2D eigenvalue weighted by molar-refractivity contribution is -0.126. The maximum absolute atomic E-state index is 13.6. The summed E-state index contributed by atoms with van der Waals surface area (Å²) in [5.74, 6) is -0.349. The van der Waals surface area contributed by atoms with Gasteiger partial charge in [0.1, 0.15) is 5.82 Å². The average molecular weight is 408 g/mol. The molecule has 1 amide bonds. The van der Waals surface area contributed by atoms with Gasteiger partial charge in [0.05, 0.1) is 24.8 Å². The van der Waals surface area contributed by atoms with E-state index in [2.05, 4.69) is 10.2 Å². The number of carbonyl (C=O) groups excluding carboxylic acids is 1. The molecule has 0 aromatic heterocycles. The number of rotatable bonds is 5. The topological polar surface area (TPSA) is 67.6 Å². The molecule has 1 aliphatic carbocycles. The van der Waals surface area contributed by atoms with Gasteiger partial charge >= 0.3 is 0 Å². The molecule has 1 aromatic carbocycles. The summed E-state index contributed by atoms with van der Waals surface area (Å²) < 4.78 is 19.1. The highest BCUT2D eigenvalue weighted by atomic mass is 35.5. The molecule has 0 radical (unpaired) electrons. The molecule has 148 valence electrons. The highest BCUT2D eigenvalue weighted by molar-refractivity contribution is 5.86. The highest BCUT2D eigenvalue weighted by Gasteiger charge is 2.37. The first kappa shape index (κ1) is 23.1. The minimum atomic E-state index is -0.739. The first-order valence-corrected chi connectivity index (χ1v) is 8.73. The van der Waals surface area contributed by atoms with Crippen LogP contribution in [0.5, 0.6) is 0 Å². The van der Waals surface area contributed by atoms with Crippen LogP contribution in [0.2, 0.25) is 0 Å². The number of nitrogens with zero attached hydrogens (tertiary/aromatic N) is 1. The van der Waals surface area contributed by atoms with Gasteiger partial charge in [0, 0.05) is 19.6 Å². The molecule has 8 heteroatoms. The van der Waals surface area contributed by atoms with Gasteiger partial charge in [-0.3, -0.25) is 9.69 Å². The Hall–Kier alpha value is -0.920. The van der Waals surface area contributed by atoms with E-state index in [1.54, 1.807) is 12.1 Å². The van der Waals surface area contributed by atoms with Gasteiger partial charge in [-0.25, -0.2) is 4.39 Å². The lowest BCUT2D eigenvalue weighted by Gasteiger charge is -2.35. The van der Waals surface area contributed by atoms with Crippen LogP contribution in [0.1, 0.15) is 37.3 Å². The molecule has 1 aliphatic heterocycles.